The van der Waals surface area contributed by atoms with Crippen molar-refractivity contribution < 1.29 is 9.47 Å². The molecule has 0 aromatic heterocycles. The molecule has 8 heteroatoms. The SMILES string of the molecule is CCN1CCN(C(C)CNC(=NC)NCCCOCCOC)CC1.I. The predicted molar refractivity (Wildman–Crippen MR) is 115 cm³/mol. The Bertz CT molecular complexity index is 339. The van der Waals surface area contributed by atoms with E-state index in [1.54, 1.807) is 7.11 Å². The molecule has 1 aliphatic heterocycles. The fraction of sp³-hybridized carbons (Fsp3) is 0.941. The molecule has 150 valence electrons. The summed E-state index contributed by atoms with van der Waals surface area (Å²) in [6, 6.07) is 0.514. The minimum atomic E-state index is 0. The number of hydrogen-bond acceptors (Lipinski definition) is 5. The van der Waals surface area contributed by atoms with Crippen molar-refractivity contribution in [2.75, 3.05) is 79.8 Å². The Labute approximate surface area is 170 Å². The summed E-state index contributed by atoms with van der Waals surface area (Å²) < 4.78 is 10.4. The fourth-order valence-corrected chi connectivity index (χ4v) is 2.74. The van der Waals surface area contributed by atoms with E-state index in [1.807, 2.05) is 7.05 Å². The first-order valence-corrected chi connectivity index (χ1v) is 9.18. The van der Waals surface area contributed by atoms with Gasteiger partial charge in [-0.25, -0.2) is 0 Å². The molecule has 1 aliphatic rings. The Morgan fingerprint density at radius 2 is 1.84 bits per heavy atom. The molecule has 25 heavy (non-hydrogen) atoms. The minimum absolute atomic E-state index is 0. The highest BCUT2D eigenvalue weighted by molar-refractivity contribution is 14.0. The fourth-order valence-electron chi connectivity index (χ4n) is 2.74. The lowest BCUT2D eigenvalue weighted by Crippen LogP contribution is -2.53. The number of ether oxygens (including phenoxy) is 2. The Balaban J connectivity index is 0.00000576. The summed E-state index contributed by atoms with van der Waals surface area (Å²) in [4.78, 5) is 9.34. The third-order valence-corrected chi connectivity index (χ3v) is 4.46. The van der Waals surface area contributed by atoms with Crippen LogP contribution in [0.4, 0.5) is 0 Å². The van der Waals surface area contributed by atoms with Crippen molar-refractivity contribution in [2.24, 2.45) is 4.99 Å². The zero-order chi connectivity index (χ0) is 17.6. The van der Waals surface area contributed by atoms with Crippen molar-refractivity contribution in [1.82, 2.24) is 20.4 Å². The Morgan fingerprint density at radius 3 is 2.44 bits per heavy atom. The highest BCUT2D eigenvalue weighted by atomic mass is 127. The summed E-state index contributed by atoms with van der Waals surface area (Å²) >= 11 is 0. The number of rotatable bonds is 11. The lowest BCUT2D eigenvalue weighted by molar-refractivity contribution is 0.0698. The summed E-state index contributed by atoms with van der Waals surface area (Å²) in [5, 5.41) is 6.76. The van der Waals surface area contributed by atoms with Gasteiger partial charge < -0.3 is 25.0 Å². The van der Waals surface area contributed by atoms with Gasteiger partial charge in [0, 0.05) is 66.1 Å². The molecule has 1 heterocycles. The molecule has 2 N–H and O–H groups in total. The second-order valence-corrected chi connectivity index (χ2v) is 6.16. The predicted octanol–water partition coefficient (Wildman–Crippen LogP) is 0.849. The third kappa shape index (κ3) is 11.2. The van der Waals surface area contributed by atoms with E-state index in [2.05, 4.69) is 39.3 Å². The Kier molecular flexibility index (Phi) is 15.9. The zero-order valence-corrected chi connectivity index (χ0v) is 18.8. The number of piperazine rings is 1. The van der Waals surface area contributed by atoms with E-state index in [0.717, 1.165) is 51.7 Å². The van der Waals surface area contributed by atoms with Gasteiger partial charge in [-0.15, -0.1) is 24.0 Å². The van der Waals surface area contributed by atoms with Crippen LogP contribution in [0.3, 0.4) is 0 Å². The maximum Gasteiger partial charge on any atom is 0.191 e. The second kappa shape index (κ2) is 16.0. The maximum atomic E-state index is 5.45. The van der Waals surface area contributed by atoms with Crippen LogP contribution in [-0.4, -0.2) is 102 Å². The van der Waals surface area contributed by atoms with Gasteiger partial charge >= 0.3 is 0 Å². The number of nitrogens with one attached hydrogen (secondary N) is 2. The van der Waals surface area contributed by atoms with E-state index in [1.165, 1.54) is 13.1 Å². The van der Waals surface area contributed by atoms with Crippen molar-refractivity contribution in [2.45, 2.75) is 26.3 Å². The van der Waals surface area contributed by atoms with Crippen molar-refractivity contribution in [1.29, 1.82) is 0 Å². The number of nitrogens with zero attached hydrogens (tertiary/aromatic N) is 3. The van der Waals surface area contributed by atoms with E-state index < -0.39 is 0 Å². The van der Waals surface area contributed by atoms with Crippen LogP contribution in [0.15, 0.2) is 4.99 Å². The van der Waals surface area contributed by atoms with Gasteiger partial charge in [0.2, 0.25) is 0 Å². The van der Waals surface area contributed by atoms with Gasteiger partial charge in [0.25, 0.3) is 0 Å². The highest BCUT2D eigenvalue weighted by Gasteiger charge is 2.20. The first-order chi connectivity index (χ1) is 11.7. The Hall–Kier alpha value is -0.160. The van der Waals surface area contributed by atoms with Gasteiger partial charge in [-0.3, -0.25) is 9.89 Å². The largest absolute Gasteiger partial charge is 0.382 e. The lowest BCUT2D eigenvalue weighted by Gasteiger charge is -2.37. The standard InChI is InChI=1S/C17H37N5O2.HI/c1-5-21-8-10-22(11-9-21)16(2)15-20-17(18-3)19-7-6-12-24-14-13-23-4;/h16H,5-15H2,1-4H3,(H2,18,19,20);1H. The van der Waals surface area contributed by atoms with Crippen molar-refractivity contribution in [3.63, 3.8) is 0 Å². The van der Waals surface area contributed by atoms with E-state index in [-0.39, 0.29) is 24.0 Å². The van der Waals surface area contributed by atoms with E-state index in [0.29, 0.717) is 19.3 Å². The normalized spacial score (nSPS) is 17.8. The smallest absolute Gasteiger partial charge is 0.191 e. The van der Waals surface area contributed by atoms with Crippen LogP contribution in [0.25, 0.3) is 0 Å². The van der Waals surface area contributed by atoms with Gasteiger partial charge in [0.15, 0.2) is 5.96 Å². The molecular weight excluding hydrogens is 433 g/mol. The molecule has 0 aliphatic carbocycles. The summed E-state index contributed by atoms with van der Waals surface area (Å²) in [6.07, 6.45) is 0.957. The average molecular weight is 471 g/mol. The van der Waals surface area contributed by atoms with Crippen molar-refractivity contribution >= 4 is 29.9 Å². The van der Waals surface area contributed by atoms with E-state index in [9.17, 15) is 0 Å². The highest BCUT2D eigenvalue weighted by Crippen LogP contribution is 2.05. The van der Waals surface area contributed by atoms with Crippen LogP contribution >= 0.6 is 24.0 Å². The summed E-state index contributed by atoms with van der Waals surface area (Å²) in [5.41, 5.74) is 0. The molecule has 0 aromatic carbocycles. The van der Waals surface area contributed by atoms with Gasteiger partial charge in [0.05, 0.1) is 13.2 Å². The summed E-state index contributed by atoms with van der Waals surface area (Å²) in [6.45, 7) is 14.2. The molecule has 7 nitrogen and oxygen atoms in total. The first-order valence-electron chi connectivity index (χ1n) is 9.18. The van der Waals surface area contributed by atoms with Gasteiger partial charge in [-0.2, -0.15) is 0 Å². The van der Waals surface area contributed by atoms with Gasteiger partial charge in [-0.05, 0) is 19.9 Å². The molecule has 1 saturated heterocycles. The average Bonchev–Trinajstić information content (AvgIpc) is 2.63. The molecule has 0 saturated carbocycles. The molecular formula is C17H38IN5O2. The third-order valence-electron chi connectivity index (χ3n) is 4.46. The molecule has 0 spiro atoms. The maximum absolute atomic E-state index is 5.45. The van der Waals surface area contributed by atoms with Gasteiger partial charge in [-0.1, -0.05) is 6.92 Å². The van der Waals surface area contributed by atoms with Crippen LogP contribution < -0.4 is 10.6 Å². The van der Waals surface area contributed by atoms with Crippen molar-refractivity contribution in [3.05, 3.63) is 0 Å². The second-order valence-electron chi connectivity index (χ2n) is 6.16. The number of aliphatic imine (C=N–C) groups is 1. The van der Waals surface area contributed by atoms with E-state index >= 15 is 0 Å². The minimum Gasteiger partial charge on any atom is -0.382 e. The topological polar surface area (TPSA) is 61.4 Å². The number of guanidine groups is 1. The summed E-state index contributed by atoms with van der Waals surface area (Å²) in [5.74, 6) is 0.867. The molecule has 1 rings (SSSR count). The number of halogens is 1. The van der Waals surface area contributed by atoms with E-state index in [4.69, 9.17) is 9.47 Å². The number of methoxy groups -OCH3 is 1. The van der Waals surface area contributed by atoms with Gasteiger partial charge in [0.1, 0.15) is 0 Å². The molecule has 1 atom stereocenters. The van der Waals surface area contributed by atoms with Crippen molar-refractivity contribution in [3.8, 4) is 0 Å². The van der Waals surface area contributed by atoms with Crippen LogP contribution in [0.1, 0.15) is 20.3 Å². The Morgan fingerprint density at radius 1 is 1.12 bits per heavy atom. The number of hydrogen-bond donors (Lipinski definition) is 2. The van der Waals surface area contributed by atoms with Crippen LogP contribution in [-0.2, 0) is 9.47 Å². The molecule has 1 unspecified atom stereocenters. The molecule has 0 bridgehead atoms. The van der Waals surface area contributed by atoms with Crippen LogP contribution in [0.5, 0.6) is 0 Å². The monoisotopic (exact) mass is 471 g/mol. The summed E-state index contributed by atoms with van der Waals surface area (Å²) in [7, 11) is 3.50. The molecule has 1 fully saturated rings. The quantitative estimate of drug-likeness (QED) is 0.202. The first kappa shape index (κ1) is 24.8. The zero-order valence-electron chi connectivity index (χ0n) is 16.4. The van der Waals surface area contributed by atoms with Crippen LogP contribution in [0.2, 0.25) is 0 Å². The molecule has 0 radical (unpaired) electrons. The number of likely N-dealkylation sites (N-methyl/N-ethyl adjacent to an activating group) is 1. The molecule has 0 amide bonds. The molecule has 0 aromatic rings. The lowest BCUT2D eigenvalue weighted by atomic mass is 10.2. The van der Waals surface area contributed by atoms with Crippen LogP contribution in [0, 0.1) is 0 Å².